The third-order valence-corrected chi connectivity index (χ3v) is 11.3. The summed E-state index contributed by atoms with van der Waals surface area (Å²) < 4.78 is 25.7. The van der Waals surface area contributed by atoms with Gasteiger partial charge in [-0.15, -0.1) is 0 Å². The van der Waals surface area contributed by atoms with Gasteiger partial charge in [0.05, 0.1) is 22.3 Å². The molecule has 4 heteroatoms. The molecule has 0 aliphatic carbocycles. The lowest BCUT2D eigenvalue weighted by atomic mass is 9.81. The highest BCUT2D eigenvalue weighted by Gasteiger charge is 2.27. The lowest BCUT2D eigenvalue weighted by molar-refractivity contribution is 0.448. The van der Waals surface area contributed by atoms with Crippen molar-refractivity contribution in [2.75, 3.05) is 0 Å². The minimum atomic E-state index is -2.16. The summed E-state index contributed by atoms with van der Waals surface area (Å²) in [6.45, 7) is 17.6. The van der Waals surface area contributed by atoms with Crippen LogP contribution in [0.1, 0.15) is 88.7 Å². The first-order valence-corrected chi connectivity index (χ1v) is 20.5. The molecule has 2 aromatic heterocycles. The Kier molecular flexibility index (Phi) is 9.02. The molecule has 59 heavy (non-hydrogen) atoms. The summed E-state index contributed by atoms with van der Waals surface area (Å²) in [7, 11) is 0. The van der Waals surface area contributed by atoms with Crippen LogP contribution in [0.2, 0.25) is 0 Å². The maximum atomic E-state index is 12.1. The number of benzene rings is 6. The molecular weight excluding hydrogens is 719 g/mol. The molecule has 0 aliphatic heterocycles. The first kappa shape index (κ1) is 35.9. The largest absolute Gasteiger partial charge is 0.507 e. The van der Waals surface area contributed by atoms with Gasteiger partial charge in [-0.3, -0.25) is 9.55 Å². The Morgan fingerprint density at radius 1 is 0.525 bits per heavy atom. The van der Waals surface area contributed by atoms with Gasteiger partial charge in [0.15, 0.2) is 0 Å². The van der Waals surface area contributed by atoms with E-state index >= 15 is 0 Å². The Morgan fingerprint density at radius 3 is 1.92 bits per heavy atom. The topological polar surface area (TPSA) is 50.9 Å². The summed E-state index contributed by atoms with van der Waals surface area (Å²) in [4.78, 5) is 10.4. The van der Waals surface area contributed by atoms with Crippen LogP contribution in [-0.2, 0) is 16.2 Å². The van der Waals surface area contributed by atoms with Crippen molar-refractivity contribution in [3.05, 3.63) is 168 Å². The number of para-hydroxylation sites is 2. The van der Waals surface area contributed by atoms with E-state index in [2.05, 4.69) is 152 Å². The van der Waals surface area contributed by atoms with Crippen LogP contribution in [0, 0.1) is 6.85 Å². The van der Waals surface area contributed by atoms with Gasteiger partial charge in [0, 0.05) is 27.1 Å². The Balaban J connectivity index is 1.36. The molecule has 296 valence electrons. The van der Waals surface area contributed by atoms with Crippen molar-refractivity contribution >= 4 is 11.0 Å². The van der Waals surface area contributed by atoms with Crippen LogP contribution in [0.15, 0.2) is 146 Å². The van der Waals surface area contributed by atoms with E-state index in [0.29, 0.717) is 17.0 Å². The second-order valence-corrected chi connectivity index (χ2v) is 18.8. The number of phenols is 1. The van der Waals surface area contributed by atoms with E-state index < -0.39 is 6.85 Å². The fraction of sp³-hybridized carbons (Fsp3) is 0.236. The van der Waals surface area contributed by atoms with Crippen molar-refractivity contribution in [1.82, 2.24) is 14.5 Å². The molecule has 0 radical (unpaired) electrons. The monoisotopic (exact) mass is 776 g/mol. The molecule has 1 N–H and O–H groups in total. The summed E-state index contributed by atoms with van der Waals surface area (Å²) in [6.07, 6.45) is 1.81. The van der Waals surface area contributed by atoms with Crippen LogP contribution in [0.4, 0.5) is 0 Å². The quantitative estimate of drug-likeness (QED) is 0.183. The number of imidazole rings is 1. The number of hydrogen-bond acceptors (Lipinski definition) is 3. The van der Waals surface area contributed by atoms with Crippen molar-refractivity contribution in [2.45, 2.75) is 85.4 Å². The molecule has 0 saturated carbocycles. The number of hydrogen-bond donors (Lipinski definition) is 1. The van der Waals surface area contributed by atoms with Gasteiger partial charge < -0.3 is 5.11 Å². The number of aryl methyl sites for hydroxylation is 1. The number of nitrogens with zero attached hydrogens (tertiary/aromatic N) is 3. The Hall–Kier alpha value is -6.26. The number of aromatic nitrogens is 3. The molecule has 8 aromatic rings. The fourth-order valence-electron chi connectivity index (χ4n) is 8.06. The molecule has 0 atom stereocenters. The number of rotatable bonds is 6. The molecule has 2 heterocycles. The second-order valence-electron chi connectivity index (χ2n) is 18.8. The smallest absolute Gasteiger partial charge is 0.149 e. The van der Waals surface area contributed by atoms with Gasteiger partial charge >= 0.3 is 0 Å². The molecule has 0 bridgehead atoms. The van der Waals surface area contributed by atoms with Crippen molar-refractivity contribution in [2.24, 2.45) is 0 Å². The number of aromatic hydroxyl groups is 1. The second kappa shape index (κ2) is 14.8. The summed E-state index contributed by atoms with van der Waals surface area (Å²) in [5.41, 5.74) is 14.2. The van der Waals surface area contributed by atoms with E-state index in [1.165, 1.54) is 16.7 Å². The van der Waals surface area contributed by atoms with E-state index in [9.17, 15) is 5.11 Å². The maximum Gasteiger partial charge on any atom is 0.149 e. The number of pyridine rings is 1. The highest BCUT2D eigenvalue weighted by Crippen LogP contribution is 2.44. The van der Waals surface area contributed by atoms with E-state index in [4.69, 9.17) is 14.1 Å². The lowest BCUT2D eigenvalue weighted by Crippen LogP contribution is -2.14. The SMILES string of the molecule is [2H]C([2H])([2H])c1ccc(-c2ccnc(-c3cc(-c4cccc5c4nc(-c4cccc(C(C)(C)C)c4O)n5-c4ccc(-c5ccccc5)c(C(C)(C)C)c4)cc(C(C)(C)C)c3)c2)cc1. The van der Waals surface area contributed by atoms with E-state index in [1.807, 2.05) is 48.7 Å². The molecule has 0 fully saturated rings. The molecule has 0 unspecified atom stereocenters. The summed E-state index contributed by atoms with van der Waals surface area (Å²) >= 11 is 0. The molecule has 0 saturated heterocycles. The zero-order valence-electron chi connectivity index (χ0n) is 38.6. The van der Waals surface area contributed by atoms with Gasteiger partial charge in [0.1, 0.15) is 11.6 Å². The molecule has 6 aromatic carbocycles. The molecule has 4 nitrogen and oxygen atoms in total. The normalized spacial score (nSPS) is 13.3. The average Bonchev–Trinajstić information content (AvgIpc) is 3.62. The van der Waals surface area contributed by atoms with E-state index in [1.54, 1.807) is 12.1 Å². The van der Waals surface area contributed by atoms with Gasteiger partial charge in [-0.25, -0.2) is 4.98 Å². The van der Waals surface area contributed by atoms with Crippen LogP contribution in [0.25, 0.3) is 72.7 Å². The first-order valence-electron chi connectivity index (χ1n) is 22.0. The minimum absolute atomic E-state index is 0.173. The Labute approximate surface area is 354 Å². The van der Waals surface area contributed by atoms with Gasteiger partial charge in [0.25, 0.3) is 0 Å². The highest BCUT2D eigenvalue weighted by molar-refractivity contribution is 5.97. The van der Waals surface area contributed by atoms with Crippen molar-refractivity contribution in [3.63, 3.8) is 0 Å². The van der Waals surface area contributed by atoms with Crippen molar-refractivity contribution in [3.8, 4) is 67.5 Å². The fourth-order valence-corrected chi connectivity index (χ4v) is 8.06. The van der Waals surface area contributed by atoms with Gasteiger partial charge in [-0.05, 0) is 116 Å². The van der Waals surface area contributed by atoms with Gasteiger partial charge in [-0.2, -0.15) is 0 Å². The Bertz CT molecular complexity index is 2940. The lowest BCUT2D eigenvalue weighted by Gasteiger charge is -2.25. The number of fused-ring (bicyclic) bond motifs is 1. The van der Waals surface area contributed by atoms with Crippen LogP contribution < -0.4 is 0 Å². The summed E-state index contributed by atoms with van der Waals surface area (Å²) in [5.74, 6) is 0.889. The van der Waals surface area contributed by atoms with Gasteiger partial charge in [-0.1, -0.05) is 159 Å². The van der Waals surface area contributed by atoms with Crippen LogP contribution in [-0.4, -0.2) is 19.6 Å². The highest BCUT2D eigenvalue weighted by atomic mass is 16.3. The molecule has 0 aliphatic rings. The predicted octanol–water partition coefficient (Wildman–Crippen LogP) is 14.7. The Morgan fingerprint density at radius 2 is 1.22 bits per heavy atom. The number of phenolic OH excluding ortho intramolecular Hbond substituents is 1. The van der Waals surface area contributed by atoms with Crippen LogP contribution >= 0.6 is 0 Å². The third kappa shape index (κ3) is 7.72. The minimum Gasteiger partial charge on any atom is -0.507 e. The predicted molar refractivity (Wildman–Crippen MR) is 249 cm³/mol. The zero-order chi connectivity index (χ0) is 44.4. The molecule has 8 rings (SSSR count). The van der Waals surface area contributed by atoms with Crippen molar-refractivity contribution in [1.29, 1.82) is 0 Å². The average molecular weight is 777 g/mol. The molecule has 0 amide bonds. The third-order valence-electron chi connectivity index (χ3n) is 11.3. The van der Waals surface area contributed by atoms with Crippen LogP contribution in [0.5, 0.6) is 5.75 Å². The maximum absolute atomic E-state index is 12.1. The van der Waals surface area contributed by atoms with Gasteiger partial charge in [0.2, 0.25) is 0 Å². The standard InChI is InChI=1S/C55H55N3O/c1-35-22-24-36(25-23-35)38-28-29-56-48(33-38)40-30-39(31-41(32-40)53(2,3)4)44-18-15-21-49-50(44)57-52(45-19-14-20-46(51(45)59)54(5,6)7)58(49)42-26-27-43(37-16-12-11-13-17-37)47(34-42)55(8,9)10/h11-34,59H,1-10H3/i1D3. The van der Waals surface area contributed by atoms with Crippen LogP contribution in [0.3, 0.4) is 0 Å². The van der Waals surface area contributed by atoms with Crippen molar-refractivity contribution < 1.29 is 9.22 Å². The molecule has 0 spiro atoms. The van der Waals surface area contributed by atoms with E-state index in [-0.39, 0.29) is 22.0 Å². The zero-order valence-corrected chi connectivity index (χ0v) is 35.6. The first-order chi connectivity index (χ1) is 29.2. The van der Waals surface area contributed by atoms with E-state index in [0.717, 1.165) is 61.4 Å². The molecular formula is C55H55N3O. The summed E-state index contributed by atoms with van der Waals surface area (Å²) in [5, 5.41) is 12.1. The summed E-state index contributed by atoms with van der Waals surface area (Å²) in [6, 6.07) is 47.3.